The fraction of sp³-hybridized carbons (Fsp3) is 0.312. The fourth-order valence-corrected chi connectivity index (χ4v) is 3.03. The van der Waals surface area contributed by atoms with E-state index in [1.54, 1.807) is 31.6 Å². The molecule has 0 amide bonds. The number of hydrogen-bond acceptors (Lipinski definition) is 7. The first-order chi connectivity index (χ1) is 12.2. The molecule has 9 heteroatoms. The van der Waals surface area contributed by atoms with Gasteiger partial charge in [0.15, 0.2) is 17.0 Å². The molecule has 25 heavy (non-hydrogen) atoms. The first-order valence-corrected chi connectivity index (χ1v) is 8.25. The van der Waals surface area contributed by atoms with E-state index < -0.39 is 0 Å². The van der Waals surface area contributed by atoms with Crippen molar-refractivity contribution < 1.29 is 9.47 Å². The number of nitrogens with two attached hydrogens (primary N) is 1. The normalized spacial score (nSPS) is 17.1. The summed E-state index contributed by atoms with van der Waals surface area (Å²) in [6.45, 7) is 0.732. The van der Waals surface area contributed by atoms with Gasteiger partial charge >= 0.3 is 0 Å². The van der Waals surface area contributed by atoms with Crippen LogP contribution in [-0.4, -0.2) is 33.2 Å². The molecule has 1 aromatic carbocycles. The minimum absolute atomic E-state index is 0.0763. The number of nitrogens with zero attached hydrogens (tertiary/aromatic N) is 4. The molecule has 2 aromatic heterocycles. The Bertz CT molecular complexity index is 922. The second kappa shape index (κ2) is 6.38. The average Bonchev–Trinajstić information content (AvgIpc) is 3.25. The summed E-state index contributed by atoms with van der Waals surface area (Å²) in [7, 11) is 1.59. The van der Waals surface area contributed by atoms with E-state index in [2.05, 4.69) is 20.3 Å². The Morgan fingerprint density at radius 3 is 3.04 bits per heavy atom. The van der Waals surface area contributed by atoms with Crippen LogP contribution in [0.3, 0.4) is 0 Å². The van der Waals surface area contributed by atoms with Crippen LogP contribution in [0.1, 0.15) is 19.1 Å². The van der Waals surface area contributed by atoms with Gasteiger partial charge in [-0.2, -0.15) is 9.97 Å². The number of ether oxygens (including phenoxy) is 2. The average molecular weight is 361 g/mol. The van der Waals surface area contributed by atoms with Crippen molar-refractivity contribution in [3.63, 3.8) is 0 Å². The Kier molecular flexibility index (Phi) is 4.06. The Hall–Kier alpha value is -2.58. The van der Waals surface area contributed by atoms with Gasteiger partial charge in [0.2, 0.25) is 5.95 Å². The van der Waals surface area contributed by atoms with Crippen LogP contribution in [0.2, 0.25) is 5.02 Å². The van der Waals surface area contributed by atoms with Gasteiger partial charge in [-0.3, -0.25) is 4.57 Å². The van der Waals surface area contributed by atoms with E-state index in [-0.39, 0.29) is 12.2 Å². The van der Waals surface area contributed by atoms with Crippen LogP contribution in [0.25, 0.3) is 11.2 Å². The molecule has 3 N–H and O–H groups in total. The first-order valence-electron chi connectivity index (χ1n) is 7.88. The van der Waals surface area contributed by atoms with Gasteiger partial charge < -0.3 is 20.5 Å². The third-order valence-electron chi connectivity index (χ3n) is 4.08. The van der Waals surface area contributed by atoms with Crippen LogP contribution in [0, 0.1) is 0 Å². The molecule has 0 bridgehead atoms. The number of rotatable bonds is 4. The summed E-state index contributed by atoms with van der Waals surface area (Å²) >= 11 is 6.26. The highest BCUT2D eigenvalue weighted by Crippen LogP contribution is 2.33. The number of fused-ring (bicyclic) bond motifs is 1. The molecule has 1 unspecified atom stereocenters. The van der Waals surface area contributed by atoms with Crippen molar-refractivity contribution in [3.8, 4) is 5.75 Å². The van der Waals surface area contributed by atoms with E-state index in [0.717, 1.165) is 19.4 Å². The predicted octanol–water partition coefficient (Wildman–Crippen LogP) is 3.12. The zero-order valence-electron chi connectivity index (χ0n) is 13.6. The quantitative estimate of drug-likeness (QED) is 0.737. The number of methoxy groups -OCH3 is 1. The largest absolute Gasteiger partial charge is 0.497 e. The summed E-state index contributed by atoms with van der Waals surface area (Å²) in [6.07, 6.45) is 3.55. The lowest BCUT2D eigenvalue weighted by atomic mass is 10.3. The minimum atomic E-state index is -0.0763. The molecule has 0 spiro atoms. The summed E-state index contributed by atoms with van der Waals surface area (Å²) in [5, 5.41) is 3.71. The third-order valence-corrected chi connectivity index (χ3v) is 4.41. The Morgan fingerprint density at radius 2 is 2.28 bits per heavy atom. The molecule has 1 aliphatic rings. The lowest BCUT2D eigenvalue weighted by Crippen LogP contribution is -2.08. The Morgan fingerprint density at radius 1 is 1.40 bits per heavy atom. The first kappa shape index (κ1) is 15.9. The number of anilines is 3. The second-order valence-corrected chi connectivity index (χ2v) is 6.10. The number of halogens is 1. The number of imidazole rings is 1. The molecule has 1 aliphatic heterocycles. The molecule has 0 radical (unpaired) electrons. The van der Waals surface area contributed by atoms with E-state index >= 15 is 0 Å². The van der Waals surface area contributed by atoms with Gasteiger partial charge in [0.25, 0.3) is 0 Å². The van der Waals surface area contributed by atoms with Gasteiger partial charge in [-0.25, -0.2) is 4.98 Å². The molecule has 3 aromatic rings. The number of nitrogens with one attached hydrogen (secondary N) is 1. The molecule has 1 saturated heterocycles. The van der Waals surface area contributed by atoms with E-state index in [1.807, 2.05) is 4.57 Å². The van der Waals surface area contributed by atoms with Gasteiger partial charge in [0.1, 0.15) is 12.0 Å². The van der Waals surface area contributed by atoms with Gasteiger partial charge in [-0.05, 0) is 25.0 Å². The summed E-state index contributed by atoms with van der Waals surface area (Å²) in [6, 6.07) is 5.31. The highest BCUT2D eigenvalue weighted by molar-refractivity contribution is 6.33. The van der Waals surface area contributed by atoms with Crippen molar-refractivity contribution in [1.82, 2.24) is 19.5 Å². The Labute approximate surface area is 148 Å². The predicted molar refractivity (Wildman–Crippen MR) is 95.2 cm³/mol. The highest BCUT2D eigenvalue weighted by atomic mass is 35.5. The van der Waals surface area contributed by atoms with Crippen molar-refractivity contribution in [3.05, 3.63) is 29.5 Å². The van der Waals surface area contributed by atoms with Gasteiger partial charge in [0.05, 0.1) is 24.1 Å². The number of benzene rings is 1. The van der Waals surface area contributed by atoms with Gasteiger partial charge in [0, 0.05) is 12.7 Å². The standard InChI is InChI=1S/C16H17ClN6O2/c1-24-9-4-5-10(17)11(7-9)20-14-13-15(22-16(18)21-14)23(8-19-13)12-3-2-6-25-12/h4-5,7-8,12H,2-3,6H2,1H3,(H3,18,20,21,22). The highest BCUT2D eigenvalue weighted by Gasteiger charge is 2.22. The summed E-state index contributed by atoms with van der Waals surface area (Å²) in [5.74, 6) is 1.30. The monoisotopic (exact) mass is 360 g/mol. The fourth-order valence-electron chi connectivity index (χ4n) is 2.87. The summed E-state index contributed by atoms with van der Waals surface area (Å²) in [4.78, 5) is 13.0. The van der Waals surface area contributed by atoms with Gasteiger partial charge in [-0.15, -0.1) is 0 Å². The van der Waals surface area contributed by atoms with Crippen molar-refractivity contribution in [2.45, 2.75) is 19.1 Å². The molecular weight excluding hydrogens is 344 g/mol. The SMILES string of the molecule is COc1ccc(Cl)c(Nc2nc(N)nc3c2ncn3C2CCCO2)c1. The van der Waals surface area contributed by atoms with Crippen LogP contribution >= 0.6 is 11.6 Å². The number of aromatic nitrogens is 4. The Balaban J connectivity index is 1.77. The molecular formula is C16H17ClN6O2. The third kappa shape index (κ3) is 2.94. The van der Waals surface area contributed by atoms with Crippen LogP contribution in [0.5, 0.6) is 5.75 Å². The smallest absolute Gasteiger partial charge is 0.224 e. The van der Waals surface area contributed by atoms with Crippen molar-refractivity contribution in [2.24, 2.45) is 0 Å². The molecule has 0 saturated carbocycles. The second-order valence-electron chi connectivity index (χ2n) is 5.69. The molecule has 1 atom stereocenters. The maximum Gasteiger partial charge on any atom is 0.224 e. The van der Waals surface area contributed by atoms with Crippen LogP contribution in [-0.2, 0) is 4.74 Å². The minimum Gasteiger partial charge on any atom is -0.497 e. The number of hydrogen-bond donors (Lipinski definition) is 2. The molecule has 130 valence electrons. The lowest BCUT2D eigenvalue weighted by Gasteiger charge is -2.13. The van der Waals surface area contributed by atoms with Crippen molar-refractivity contribution >= 4 is 40.2 Å². The molecule has 3 heterocycles. The van der Waals surface area contributed by atoms with Crippen molar-refractivity contribution in [1.29, 1.82) is 0 Å². The van der Waals surface area contributed by atoms with Crippen LogP contribution in [0.4, 0.5) is 17.5 Å². The van der Waals surface area contributed by atoms with E-state index in [4.69, 9.17) is 26.8 Å². The lowest BCUT2D eigenvalue weighted by molar-refractivity contribution is 0.0593. The van der Waals surface area contributed by atoms with Crippen molar-refractivity contribution in [2.75, 3.05) is 24.8 Å². The molecule has 1 fully saturated rings. The molecule has 8 nitrogen and oxygen atoms in total. The van der Waals surface area contributed by atoms with Crippen LogP contribution < -0.4 is 15.8 Å². The van der Waals surface area contributed by atoms with E-state index in [0.29, 0.717) is 33.4 Å². The maximum atomic E-state index is 6.26. The van der Waals surface area contributed by atoms with Crippen LogP contribution in [0.15, 0.2) is 24.5 Å². The number of nitrogen functional groups attached to an aromatic ring is 1. The zero-order valence-corrected chi connectivity index (χ0v) is 14.3. The van der Waals surface area contributed by atoms with E-state index in [1.165, 1.54) is 0 Å². The maximum absolute atomic E-state index is 6.26. The van der Waals surface area contributed by atoms with E-state index in [9.17, 15) is 0 Å². The zero-order chi connectivity index (χ0) is 17.4. The summed E-state index contributed by atoms with van der Waals surface area (Å²) in [5.41, 5.74) is 7.77. The molecule has 0 aliphatic carbocycles. The topological polar surface area (TPSA) is 100 Å². The molecule has 4 rings (SSSR count). The van der Waals surface area contributed by atoms with Gasteiger partial charge in [-0.1, -0.05) is 11.6 Å². The summed E-state index contributed by atoms with van der Waals surface area (Å²) < 4.78 is 12.8.